The highest BCUT2D eigenvalue weighted by Crippen LogP contribution is 2.33. The highest BCUT2D eigenvalue weighted by Gasteiger charge is 2.42. The van der Waals surface area contributed by atoms with Crippen LogP contribution in [0.4, 0.5) is 4.79 Å². The predicted octanol–water partition coefficient (Wildman–Crippen LogP) is 0.0810. The molecule has 8 nitrogen and oxygen atoms in total. The van der Waals surface area contributed by atoms with Crippen molar-refractivity contribution in [3.63, 3.8) is 0 Å². The van der Waals surface area contributed by atoms with Crippen LogP contribution in [-0.2, 0) is 14.3 Å². The zero-order valence-electron chi connectivity index (χ0n) is 15.6. The summed E-state index contributed by atoms with van der Waals surface area (Å²) in [6, 6.07) is 0.478. The summed E-state index contributed by atoms with van der Waals surface area (Å²) in [7, 11) is 1.89. The Morgan fingerprint density at radius 2 is 1.92 bits per heavy atom. The highest BCUT2D eigenvalue weighted by molar-refractivity contribution is 8.00. The minimum absolute atomic E-state index is 0.0450. The number of ether oxygens (including phenoxy) is 2. The van der Waals surface area contributed by atoms with Crippen molar-refractivity contribution in [3.05, 3.63) is 0 Å². The monoisotopic (exact) mass is 388 g/mol. The van der Waals surface area contributed by atoms with Gasteiger partial charge in [0.25, 0.3) is 0 Å². The summed E-state index contributed by atoms with van der Waals surface area (Å²) in [6.45, 7) is 3.69. The molecule has 0 aliphatic carbocycles. The number of fused-ring (bicyclic) bond motifs is 1. The van der Waals surface area contributed by atoms with Gasteiger partial charge in [0.1, 0.15) is 0 Å². The fourth-order valence-electron chi connectivity index (χ4n) is 3.12. The van der Waals surface area contributed by atoms with Gasteiger partial charge in [-0.3, -0.25) is 4.79 Å². The van der Waals surface area contributed by atoms with Crippen LogP contribution in [0.3, 0.4) is 0 Å². The van der Waals surface area contributed by atoms with Gasteiger partial charge in [0.05, 0.1) is 38.5 Å². The van der Waals surface area contributed by atoms with E-state index in [4.69, 9.17) is 9.47 Å². The molecule has 2 aliphatic heterocycles. The molecule has 0 bridgehead atoms. The Morgan fingerprint density at radius 1 is 1.15 bits per heavy atom. The van der Waals surface area contributed by atoms with Crippen molar-refractivity contribution in [1.82, 2.24) is 21.3 Å². The van der Waals surface area contributed by atoms with Gasteiger partial charge in [-0.1, -0.05) is 6.42 Å². The molecule has 3 atom stereocenters. The second kappa shape index (κ2) is 12.4. The molecular weight excluding hydrogens is 356 g/mol. The lowest BCUT2D eigenvalue weighted by molar-refractivity contribution is -0.121. The zero-order chi connectivity index (χ0) is 18.6. The molecule has 0 aromatic heterocycles. The van der Waals surface area contributed by atoms with E-state index in [-0.39, 0.29) is 24.0 Å². The van der Waals surface area contributed by atoms with Crippen molar-refractivity contribution in [1.29, 1.82) is 0 Å². The minimum atomic E-state index is -0.0450. The molecule has 0 aromatic carbocycles. The quantitative estimate of drug-likeness (QED) is 0.248. The Kier molecular flexibility index (Phi) is 10.1. The van der Waals surface area contributed by atoms with Crippen LogP contribution in [0.1, 0.15) is 25.7 Å². The largest absolute Gasteiger partial charge is 0.378 e. The summed E-state index contributed by atoms with van der Waals surface area (Å²) >= 11 is 1.91. The average molecular weight is 389 g/mol. The van der Waals surface area contributed by atoms with Crippen LogP contribution in [0, 0.1) is 0 Å². The molecule has 0 unspecified atom stereocenters. The second-order valence-electron chi connectivity index (χ2n) is 6.55. The van der Waals surface area contributed by atoms with Crippen LogP contribution in [-0.4, -0.2) is 81.6 Å². The number of urea groups is 1. The van der Waals surface area contributed by atoms with Crippen LogP contribution in [0.25, 0.3) is 0 Å². The van der Waals surface area contributed by atoms with Gasteiger partial charge in [0.15, 0.2) is 0 Å². The third-order valence-electron chi connectivity index (χ3n) is 4.52. The molecule has 0 radical (unpaired) electrons. The van der Waals surface area contributed by atoms with E-state index in [0.717, 1.165) is 31.6 Å². The van der Waals surface area contributed by atoms with Crippen molar-refractivity contribution in [2.75, 3.05) is 52.3 Å². The van der Waals surface area contributed by atoms with Gasteiger partial charge >= 0.3 is 6.03 Å². The number of likely N-dealkylation sites (N-methyl/N-ethyl adjacent to an activating group) is 1. The first-order chi connectivity index (χ1) is 12.7. The van der Waals surface area contributed by atoms with Gasteiger partial charge in [-0.2, -0.15) is 11.8 Å². The lowest BCUT2D eigenvalue weighted by Gasteiger charge is -2.16. The van der Waals surface area contributed by atoms with Crippen LogP contribution in [0.2, 0.25) is 0 Å². The fourth-order valence-corrected chi connectivity index (χ4v) is 4.66. The standard InChI is InChI=1S/C17H32N4O4S/c1-18-6-8-24-10-11-25-9-7-19-15(22)5-3-2-4-14-16-13(12-26-14)20-17(23)21-16/h13-14,16,18H,2-12H2,1H3,(H,19,22)(H2,20,21,23)/t13-,14-,16-/m0/s1. The van der Waals surface area contributed by atoms with E-state index in [2.05, 4.69) is 21.3 Å². The lowest BCUT2D eigenvalue weighted by atomic mass is 10.0. The number of unbranched alkanes of at least 4 members (excludes halogenated alkanes) is 1. The number of rotatable bonds is 14. The molecule has 0 aromatic rings. The van der Waals surface area contributed by atoms with E-state index >= 15 is 0 Å². The van der Waals surface area contributed by atoms with Crippen molar-refractivity contribution >= 4 is 23.7 Å². The SMILES string of the molecule is CNCCOCCOCCNC(=O)CCCC[C@@H]1SC[C@@H]2NC(=O)N[C@@H]21. The van der Waals surface area contributed by atoms with Gasteiger partial charge in [-0.25, -0.2) is 4.79 Å². The predicted molar refractivity (Wildman–Crippen MR) is 103 cm³/mol. The number of hydrogen-bond acceptors (Lipinski definition) is 6. The number of hydrogen-bond donors (Lipinski definition) is 4. The van der Waals surface area contributed by atoms with E-state index in [1.165, 1.54) is 0 Å². The molecule has 150 valence electrons. The molecule has 2 aliphatic rings. The van der Waals surface area contributed by atoms with E-state index in [9.17, 15) is 9.59 Å². The third kappa shape index (κ3) is 7.69. The summed E-state index contributed by atoms with van der Waals surface area (Å²) < 4.78 is 10.7. The van der Waals surface area contributed by atoms with Crippen molar-refractivity contribution in [3.8, 4) is 0 Å². The third-order valence-corrected chi connectivity index (χ3v) is 6.03. The number of thioether (sulfide) groups is 1. The molecule has 4 N–H and O–H groups in total. The topological polar surface area (TPSA) is 101 Å². The average Bonchev–Trinajstić information content (AvgIpc) is 3.16. The van der Waals surface area contributed by atoms with Crippen molar-refractivity contribution in [2.24, 2.45) is 0 Å². The summed E-state index contributed by atoms with van der Waals surface area (Å²) in [5.41, 5.74) is 0. The van der Waals surface area contributed by atoms with Crippen molar-refractivity contribution in [2.45, 2.75) is 43.0 Å². The maximum Gasteiger partial charge on any atom is 0.315 e. The van der Waals surface area contributed by atoms with Crippen LogP contribution in [0.5, 0.6) is 0 Å². The first-order valence-corrected chi connectivity index (χ1v) is 10.5. The molecule has 3 amide bonds. The van der Waals surface area contributed by atoms with Crippen LogP contribution < -0.4 is 21.3 Å². The lowest BCUT2D eigenvalue weighted by Crippen LogP contribution is -2.36. The van der Waals surface area contributed by atoms with E-state index in [1.54, 1.807) is 0 Å². The molecular formula is C17H32N4O4S. The molecule has 2 saturated heterocycles. The smallest absolute Gasteiger partial charge is 0.315 e. The minimum Gasteiger partial charge on any atom is -0.378 e. The van der Waals surface area contributed by atoms with Gasteiger partial charge < -0.3 is 30.7 Å². The second-order valence-corrected chi connectivity index (χ2v) is 7.82. The summed E-state index contributed by atoms with van der Waals surface area (Å²) in [6.07, 6.45) is 3.47. The van der Waals surface area contributed by atoms with Crippen LogP contribution >= 0.6 is 11.8 Å². The molecule has 2 heterocycles. The van der Waals surface area contributed by atoms with Gasteiger partial charge in [-0.15, -0.1) is 0 Å². The Bertz CT molecular complexity index is 441. The molecule has 2 fully saturated rings. The first-order valence-electron chi connectivity index (χ1n) is 9.46. The van der Waals surface area contributed by atoms with Crippen LogP contribution in [0.15, 0.2) is 0 Å². The summed E-state index contributed by atoms with van der Waals surface area (Å²) in [4.78, 5) is 23.1. The first kappa shape index (κ1) is 21.3. The molecule has 0 spiro atoms. The number of carbonyl (C=O) groups excluding carboxylic acids is 2. The molecule has 26 heavy (non-hydrogen) atoms. The number of nitrogens with one attached hydrogen (secondary N) is 4. The van der Waals surface area contributed by atoms with Crippen molar-refractivity contribution < 1.29 is 19.1 Å². The zero-order valence-corrected chi connectivity index (χ0v) is 16.4. The molecule has 2 rings (SSSR count). The van der Waals surface area contributed by atoms with Gasteiger partial charge in [-0.05, 0) is 19.9 Å². The number of carbonyl (C=O) groups is 2. The van der Waals surface area contributed by atoms with Gasteiger partial charge in [0.2, 0.25) is 5.91 Å². The summed E-state index contributed by atoms with van der Waals surface area (Å²) in [5, 5.41) is 12.3. The number of amides is 3. The van der Waals surface area contributed by atoms with E-state index in [0.29, 0.717) is 44.6 Å². The maximum absolute atomic E-state index is 11.8. The maximum atomic E-state index is 11.8. The Hall–Kier alpha value is -1.03. The van der Waals surface area contributed by atoms with E-state index in [1.807, 2.05) is 18.8 Å². The normalized spacial score (nSPS) is 24.2. The Balaban J connectivity index is 1.38. The molecule has 9 heteroatoms. The Labute approximate surface area is 159 Å². The Morgan fingerprint density at radius 3 is 2.69 bits per heavy atom. The highest BCUT2D eigenvalue weighted by atomic mass is 32.2. The van der Waals surface area contributed by atoms with Gasteiger partial charge in [0, 0.05) is 30.5 Å². The molecule has 0 saturated carbocycles. The van der Waals surface area contributed by atoms with E-state index < -0.39 is 0 Å². The fraction of sp³-hybridized carbons (Fsp3) is 0.882. The summed E-state index contributed by atoms with van der Waals surface area (Å²) in [5.74, 6) is 1.06.